The fourth-order valence-corrected chi connectivity index (χ4v) is 3.45. The van der Waals surface area contributed by atoms with E-state index >= 15 is 0 Å². The molecule has 3 aromatic rings. The number of carboxylic acids is 1. The van der Waals surface area contributed by atoms with Crippen LogP contribution in [0.5, 0.6) is 11.5 Å². The van der Waals surface area contributed by atoms with E-state index in [1.54, 1.807) is 55.5 Å². The molecule has 0 unspecified atom stereocenters. The van der Waals surface area contributed by atoms with Crippen molar-refractivity contribution in [2.45, 2.75) is 26.8 Å². The van der Waals surface area contributed by atoms with Crippen molar-refractivity contribution >= 4 is 28.0 Å². The summed E-state index contributed by atoms with van der Waals surface area (Å²) in [7, 11) is 0. The number of aryl methyl sites for hydroxylation is 2. The first-order valence-corrected chi connectivity index (χ1v) is 10.7. The monoisotopic (exact) mass is 502 g/mol. The van der Waals surface area contributed by atoms with Crippen LogP contribution in [0.4, 0.5) is 4.79 Å². The minimum atomic E-state index is -1.14. The number of oxazole rings is 1. The van der Waals surface area contributed by atoms with Crippen molar-refractivity contribution in [2.24, 2.45) is 0 Å². The van der Waals surface area contributed by atoms with E-state index in [9.17, 15) is 14.7 Å². The second kappa shape index (κ2) is 10.8. The van der Waals surface area contributed by atoms with Crippen molar-refractivity contribution in [1.29, 1.82) is 0 Å². The van der Waals surface area contributed by atoms with Crippen LogP contribution in [0.3, 0.4) is 0 Å². The molecule has 8 nitrogen and oxygen atoms in total. The molecule has 1 N–H and O–H groups in total. The Labute approximate surface area is 193 Å². The maximum atomic E-state index is 12.6. The van der Waals surface area contributed by atoms with Gasteiger partial charge >= 0.3 is 12.1 Å². The van der Waals surface area contributed by atoms with Gasteiger partial charge in [-0.1, -0.05) is 34.1 Å². The number of nitrogens with zero attached hydrogens (tertiary/aromatic N) is 2. The Balaban J connectivity index is 1.63. The molecule has 0 saturated heterocycles. The average Bonchev–Trinajstić information content (AvgIpc) is 3.04. The molecule has 0 radical (unpaired) electrons. The van der Waals surface area contributed by atoms with Gasteiger partial charge in [0.05, 0.1) is 12.3 Å². The maximum Gasteiger partial charge on any atom is 0.416 e. The van der Waals surface area contributed by atoms with Crippen LogP contribution in [0.25, 0.3) is 0 Å². The number of rotatable bonds is 9. The second-order valence-corrected chi connectivity index (χ2v) is 7.97. The fraction of sp³-hybridized carbons (Fsp3) is 0.261. The topological polar surface area (TPSA) is 102 Å². The molecule has 0 bridgehead atoms. The van der Waals surface area contributed by atoms with Crippen molar-refractivity contribution < 1.29 is 28.6 Å². The first kappa shape index (κ1) is 23.3. The number of halogens is 1. The van der Waals surface area contributed by atoms with Crippen LogP contribution in [0, 0.1) is 13.8 Å². The van der Waals surface area contributed by atoms with Gasteiger partial charge in [-0.15, -0.1) is 0 Å². The van der Waals surface area contributed by atoms with Crippen LogP contribution in [0.15, 0.2) is 57.4 Å². The number of ether oxygens (including phenoxy) is 2. The Morgan fingerprint density at radius 2 is 1.88 bits per heavy atom. The van der Waals surface area contributed by atoms with E-state index in [0.29, 0.717) is 36.0 Å². The van der Waals surface area contributed by atoms with E-state index in [2.05, 4.69) is 20.9 Å². The van der Waals surface area contributed by atoms with Crippen LogP contribution < -0.4 is 9.47 Å². The Kier molecular flexibility index (Phi) is 7.88. The molecule has 168 valence electrons. The summed E-state index contributed by atoms with van der Waals surface area (Å²) in [6.45, 7) is 3.62. The van der Waals surface area contributed by atoms with Gasteiger partial charge in [-0.25, -0.2) is 9.78 Å². The number of hydrogen-bond donors (Lipinski definition) is 1. The summed E-state index contributed by atoms with van der Waals surface area (Å²) in [6.07, 6.45) is -0.161. The molecule has 0 saturated carbocycles. The third-order valence-electron chi connectivity index (χ3n) is 4.46. The fourth-order valence-electron chi connectivity index (χ4n) is 3.07. The number of amides is 1. The van der Waals surface area contributed by atoms with E-state index in [1.807, 2.05) is 6.92 Å². The van der Waals surface area contributed by atoms with Crippen molar-refractivity contribution in [1.82, 2.24) is 9.88 Å². The molecule has 2 aromatic carbocycles. The molecular formula is C23H23BrN2O6. The lowest BCUT2D eigenvalue weighted by atomic mass is 10.2. The molecule has 1 heterocycles. The molecule has 9 heteroatoms. The van der Waals surface area contributed by atoms with Gasteiger partial charge in [0.2, 0.25) is 0 Å². The number of aliphatic carboxylic acids is 1. The molecule has 0 aliphatic heterocycles. The Hall–Kier alpha value is -3.33. The van der Waals surface area contributed by atoms with Crippen molar-refractivity contribution in [3.8, 4) is 11.5 Å². The molecular weight excluding hydrogens is 480 g/mol. The number of carbonyl (C=O) groups excluding carboxylic acids is 1. The molecule has 32 heavy (non-hydrogen) atoms. The predicted octanol–water partition coefficient (Wildman–Crippen LogP) is 4.76. The largest absolute Gasteiger partial charge is 0.493 e. The smallest absolute Gasteiger partial charge is 0.416 e. The summed E-state index contributed by atoms with van der Waals surface area (Å²) in [4.78, 5) is 29.3. The molecule has 1 amide bonds. The highest BCUT2D eigenvalue weighted by atomic mass is 79.9. The van der Waals surface area contributed by atoms with Gasteiger partial charge in [0.1, 0.15) is 23.8 Å². The van der Waals surface area contributed by atoms with Gasteiger partial charge in [0.25, 0.3) is 0 Å². The summed E-state index contributed by atoms with van der Waals surface area (Å²) in [6, 6.07) is 13.9. The molecule has 0 spiro atoms. The summed E-state index contributed by atoms with van der Waals surface area (Å²) < 4.78 is 17.3. The van der Waals surface area contributed by atoms with Crippen LogP contribution in [0.2, 0.25) is 0 Å². The molecule has 0 atom stereocenters. The van der Waals surface area contributed by atoms with Gasteiger partial charge in [-0.05, 0) is 42.8 Å². The lowest BCUT2D eigenvalue weighted by molar-refractivity contribution is -0.138. The van der Waals surface area contributed by atoms with Gasteiger partial charge in [0.15, 0.2) is 5.89 Å². The van der Waals surface area contributed by atoms with E-state index < -0.39 is 18.6 Å². The predicted molar refractivity (Wildman–Crippen MR) is 120 cm³/mol. The minimum absolute atomic E-state index is 0.0535. The molecule has 0 aliphatic carbocycles. The van der Waals surface area contributed by atoms with Crippen LogP contribution >= 0.6 is 15.9 Å². The lowest BCUT2D eigenvalue weighted by Gasteiger charge is -2.20. The zero-order valence-electron chi connectivity index (χ0n) is 17.7. The van der Waals surface area contributed by atoms with Gasteiger partial charge in [-0.3, -0.25) is 9.69 Å². The first-order chi connectivity index (χ1) is 15.3. The van der Waals surface area contributed by atoms with Gasteiger partial charge in [-0.2, -0.15) is 0 Å². The van der Waals surface area contributed by atoms with Crippen molar-refractivity contribution in [2.75, 3.05) is 13.2 Å². The molecule has 0 fully saturated rings. The zero-order chi connectivity index (χ0) is 23.1. The standard InChI is InChI=1S/C23H23BrN2O6/c1-15-21(25-16(2)31-15)9-10-30-19-7-3-5-17(11-19)13-26(14-22(27)28)23(29)32-20-8-4-6-18(24)12-20/h3-8,11-12H,9-10,13-14H2,1-2H3,(H,27,28). The van der Waals surface area contributed by atoms with Gasteiger partial charge < -0.3 is 19.0 Å². The van der Waals surface area contributed by atoms with E-state index in [4.69, 9.17) is 13.9 Å². The van der Waals surface area contributed by atoms with Crippen LogP contribution in [-0.2, 0) is 17.8 Å². The molecule has 3 rings (SSSR count). The number of carboxylic acid groups (broad SMARTS) is 1. The third kappa shape index (κ3) is 6.84. The van der Waals surface area contributed by atoms with Gasteiger partial charge in [0, 0.05) is 24.4 Å². The van der Waals surface area contributed by atoms with E-state index in [1.165, 1.54) is 0 Å². The number of aromatic nitrogens is 1. The Bertz CT molecular complexity index is 1100. The highest BCUT2D eigenvalue weighted by Crippen LogP contribution is 2.20. The first-order valence-electron chi connectivity index (χ1n) is 9.89. The molecule has 1 aromatic heterocycles. The maximum absolute atomic E-state index is 12.6. The third-order valence-corrected chi connectivity index (χ3v) is 4.96. The summed E-state index contributed by atoms with van der Waals surface area (Å²) in [5.74, 6) is 1.17. The average molecular weight is 503 g/mol. The second-order valence-electron chi connectivity index (χ2n) is 7.06. The lowest BCUT2D eigenvalue weighted by Crippen LogP contribution is -2.37. The van der Waals surface area contributed by atoms with Crippen LogP contribution in [0.1, 0.15) is 22.9 Å². The number of carbonyl (C=O) groups is 2. The minimum Gasteiger partial charge on any atom is -0.493 e. The number of hydrogen-bond acceptors (Lipinski definition) is 6. The Morgan fingerprint density at radius 3 is 2.56 bits per heavy atom. The summed E-state index contributed by atoms with van der Waals surface area (Å²) >= 11 is 3.31. The molecule has 0 aliphatic rings. The SMILES string of the molecule is Cc1nc(CCOc2cccc(CN(CC(=O)O)C(=O)Oc3cccc(Br)c3)c2)c(C)o1. The zero-order valence-corrected chi connectivity index (χ0v) is 19.3. The van der Waals surface area contributed by atoms with E-state index in [0.717, 1.165) is 20.8 Å². The van der Waals surface area contributed by atoms with Crippen molar-refractivity contribution in [3.05, 3.63) is 75.9 Å². The highest BCUT2D eigenvalue weighted by Gasteiger charge is 2.20. The summed E-state index contributed by atoms with van der Waals surface area (Å²) in [5.41, 5.74) is 1.56. The summed E-state index contributed by atoms with van der Waals surface area (Å²) in [5, 5.41) is 9.23. The highest BCUT2D eigenvalue weighted by molar-refractivity contribution is 9.10. The van der Waals surface area contributed by atoms with E-state index in [-0.39, 0.29) is 6.54 Å². The number of benzene rings is 2. The van der Waals surface area contributed by atoms with Crippen LogP contribution in [-0.4, -0.2) is 40.2 Å². The quantitative estimate of drug-likeness (QED) is 0.449. The Morgan fingerprint density at radius 1 is 1.12 bits per heavy atom. The van der Waals surface area contributed by atoms with Crippen molar-refractivity contribution in [3.63, 3.8) is 0 Å². The normalized spacial score (nSPS) is 10.6.